The molecule has 0 saturated heterocycles. The second kappa shape index (κ2) is 15.7. The van der Waals surface area contributed by atoms with Gasteiger partial charge in [-0.05, 0) is 35.2 Å². The van der Waals surface area contributed by atoms with Crippen LogP contribution >= 0.6 is 11.6 Å². The molecule has 0 heterocycles. The standard InChI is InChI=1S/C32H31ClF5N3O5/c1-19(2)26(28(43)32(37,38)30(45)39-18-31(34,35)36)41-29(44)27(21-12-7-4-8-13-21)40-25(42)17-24(20-10-5-3-6-11-20)46-23-15-9-14-22(33)16-23/h3-16,19,24,26-27H,17-18H2,1-2H3,(H,39,45)(H,40,42)(H,41,44). The lowest BCUT2D eigenvalue weighted by Gasteiger charge is -2.28. The lowest BCUT2D eigenvalue weighted by Crippen LogP contribution is -2.58. The van der Waals surface area contributed by atoms with Crippen LogP contribution in [0.3, 0.4) is 0 Å². The van der Waals surface area contributed by atoms with E-state index in [9.17, 15) is 41.1 Å². The number of carbonyl (C=O) groups is 4. The van der Waals surface area contributed by atoms with Gasteiger partial charge >= 0.3 is 12.1 Å². The third-order valence-corrected chi connectivity index (χ3v) is 6.84. The zero-order valence-electron chi connectivity index (χ0n) is 24.6. The normalized spacial score (nSPS) is 13.7. The molecule has 0 radical (unpaired) electrons. The molecule has 0 saturated carbocycles. The van der Waals surface area contributed by atoms with E-state index in [1.54, 1.807) is 72.8 Å². The van der Waals surface area contributed by atoms with E-state index in [2.05, 4.69) is 10.6 Å². The summed E-state index contributed by atoms with van der Waals surface area (Å²) in [6.07, 6.45) is -6.16. The van der Waals surface area contributed by atoms with E-state index in [1.807, 2.05) is 0 Å². The topological polar surface area (TPSA) is 114 Å². The maximum absolute atomic E-state index is 14.7. The summed E-state index contributed by atoms with van der Waals surface area (Å²) in [5.41, 5.74) is 0.847. The van der Waals surface area contributed by atoms with Gasteiger partial charge in [-0.2, -0.15) is 22.0 Å². The van der Waals surface area contributed by atoms with Crippen molar-refractivity contribution in [2.75, 3.05) is 6.54 Å². The largest absolute Gasteiger partial charge is 0.485 e. The molecular weight excluding hydrogens is 637 g/mol. The summed E-state index contributed by atoms with van der Waals surface area (Å²) in [4.78, 5) is 51.6. The lowest BCUT2D eigenvalue weighted by atomic mass is 9.94. The van der Waals surface area contributed by atoms with Crippen LogP contribution in [0, 0.1) is 5.92 Å². The highest BCUT2D eigenvalue weighted by molar-refractivity contribution is 6.30. The minimum atomic E-state index is -5.00. The molecule has 3 atom stereocenters. The Morgan fingerprint density at radius 3 is 1.93 bits per heavy atom. The predicted octanol–water partition coefficient (Wildman–Crippen LogP) is 5.73. The molecule has 46 heavy (non-hydrogen) atoms. The summed E-state index contributed by atoms with van der Waals surface area (Å²) in [6, 6.07) is 19.4. The number of alkyl halides is 5. The van der Waals surface area contributed by atoms with Crippen LogP contribution in [0.5, 0.6) is 5.75 Å². The highest BCUT2D eigenvalue weighted by Crippen LogP contribution is 2.28. The van der Waals surface area contributed by atoms with E-state index in [0.717, 1.165) is 5.32 Å². The Hall–Kier alpha value is -4.52. The fourth-order valence-corrected chi connectivity index (χ4v) is 4.48. The summed E-state index contributed by atoms with van der Waals surface area (Å²) in [5.74, 6) is -11.9. The monoisotopic (exact) mass is 667 g/mol. The Morgan fingerprint density at radius 2 is 1.39 bits per heavy atom. The first-order valence-electron chi connectivity index (χ1n) is 14.0. The number of Topliss-reactive ketones (excluding diaryl/α,β-unsaturated/α-hetero) is 1. The second-order valence-corrected chi connectivity index (χ2v) is 11.0. The van der Waals surface area contributed by atoms with Crippen molar-refractivity contribution in [2.45, 2.75) is 50.6 Å². The molecule has 8 nitrogen and oxygen atoms in total. The first kappa shape index (κ1) is 36.0. The fourth-order valence-electron chi connectivity index (χ4n) is 4.30. The van der Waals surface area contributed by atoms with Crippen molar-refractivity contribution in [1.82, 2.24) is 16.0 Å². The van der Waals surface area contributed by atoms with Gasteiger partial charge in [-0.15, -0.1) is 0 Å². The third-order valence-electron chi connectivity index (χ3n) is 6.61. The summed E-state index contributed by atoms with van der Waals surface area (Å²) in [5, 5.41) is 6.09. The average molecular weight is 668 g/mol. The third kappa shape index (κ3) is 10.3. The molecule has 14 heteroatoms. The quantitative estimate of drug-likeness (QED) is 0.150. The molecule has 3 aromatic rings. The number of amides is 3. The zero-order valence-corrected chi connectivity index (χ0v) is 25.4. The van der Waals surface area contributed by atoms with Crippen LogP contribution in [-0.4, -0.2) is 48.2 Å². The van der Waals surface area contributed by atoms with Crippen molar-refractivity contribution in [2.24, 2.45) is 5.92 Å². The molecule has 246 valence electrons. The number of nitrogens with one attached hydrogen (secondary N) is 3. The van der Waals surface area contributed by atoms with Gasteiger partial charge in [-0.3, -0.25) is 19.2 Å². The molecule has 0 bridgehead atoms. The van der Waals surface area contributed by atoms with Crippen LogP contribution in [0.4, 0.5) is 22.0 Å². The molecule has 0 fully saturated rings. The van der Waals surface area contributed by atoms with Gasteiger partial charge in [0.2, 0.25) is 17.6 Å². The molecule has 3 rings (SSSR count). The molecule has 0 spiro atoms. The van der Waals surface area contributed by atoms with Crippen LogP contribution < -0.4 is 20.7 Å². The minimum Gasteiger partial charge on any atom is -0.485 e. The van der Waals surface area contributed by atoms with Crippen LogP contribution in [-0.2, 0) is 19.2 Å². The van der Waals surface area contributed by atoms with Crippen LogP contribution in [0.1, 0.15) is 43.5 Å². The minimum absolute atomic E-state index is 0.227. The van der Waals surface area contributed by atoms with Crippen molar-refractivity contribution in [3.8, 4) is 5.75 Å². The van der Waals surface area contributed by atoms with E-state index in [1.165, 1.54) is 26.0 Å². The Bertz CT molecular complexity index is 1510. The van der Waals surface area contributed by atoms with Crippen molar-refractivity contribution in [1.29, 1.82) is 0 Å². The Labute approximate surface area is 266 Å². The smallest absolute Gasteiger partial charge is 0.405 e. The Morgan fingerprint density at radius 1 is 0.804 bits per heavy atom. The predicted molar refractivity (Wildman–Crippen MR) is 159 cm³/mol. The van der Waals surface area contributed by atoms with Crippen molar-refractivity contribution >= 4 is 35.1 Å². The second-order valence-electron chi connectivity index (χ2n) is 10.6. The Kier molecular flexibility index (Phi) is 12.2. The number of halogens is 6. The number of carbonyl (C=O) groups excluding carboxylic acids is 4. The maximum atomic E-state index is 14.7. The molecular formula is C32H31ClF5N3O5. The molecule has 3 unspecified atom stereocenters. The van der Waals surface area contributed by atoms with E-state index in [4.69, 9.17) is 16.3 Å². The SMILES string of the molecule is CC(C)C(NC(=O)C(NC(=O)CC(Oc1cccc(Cl)c1)c1ccccc1)c1ccccc1)C(=O)C(F)(F)C(=O)NCC(F)(F)F. The van der Waals surface area contributed by atoms with Gasteiger partial charge in [-0.1, -0.05) is 92.2 Å². The molecule has 0 aliphatic carbocycles. The lowest BCUT2D eigenvalue weighted by molar-refractivity contribution is -0.165. The number of benzene rings is 3. The molecule has 3 amide bonds. The van der Waals surface area contributed by atoms with Gasteiger partial charge in [0.1, 0.15) is 24.4 Å². The summed E-state index contributed by atoms with van der Waals surface area (Å²) >= 11 is 6.07. The zero-order chi connectivity index (χ0) is 34.1. The number of hydrogen-bond acceptors (Lipinski definition) is 5. The Balaban J connectivity index is 1.84. The van der Waals surface area contributed by atoms with Gasteiger partial charge in [-0.25, -0.2) is 0 Å². The summed E-state index contributed by atoms with van der Waals surface area (Å²) < 4.78 is 72.9. The number of rotatable bonds is 14. The van der Waals surface area contributed by atoms with Crippen LogP contribution in [0.25, 0.3) is 0 Å². The number of ether oxygens (including phenoxy) is 1. The molecule has 0 aliphatic rings. The molecule has 3 aromatic carbocycles. The van der Waals surface area contributed by atoms with E-state index < -0.39 is 66.3 Å². The van der Waals surface area contributed by atoms with E-state index in [0.29, 0.717) is 16.3 Å². The summed E-state index contributed by atoms with van der Waals surface area (Å²) in [6.45, 7) is 0.501. The number of ketones is 1. The average Bonchev–Trinajstić information content (AvgIpc) is 3.00. The highest BCUT2D eigenvalue weighted by atomic mass is 35.5. The van der Waals surface area contributed by atoms with Crippen LogP contribution in [0.2, 0.25) is 5.02 Å². The van der Waals surface area contributed by atoms with E-state index in [-0.39, 0.29) is 12.0 Å². The van der Waals surface area contributed by atoms with Gasteiger partial charge in [0.05, 0.1) is 12.5 Å². The summed E-state index contributed by atoms with van der Waals surface area (Å²) in [7, 11) is 0. The van der Waals surface area contributed by atoms with Crippen LogP contribution in [0.15, 0.2) is 84.9 Å². The number of hydrogen-bond donors (Lipinski definition) is 3. The van der Waals surface area contributed by atoms with Crippen molar-refractivity contribution < 1.29 is 45.9 Å². The van der Waals surface area contributed by atoms with Gasteiger partial charge in [0.15, 0.2) is 0 Å². The molecule has 0 aromatic heterocycles. The molecule has 0 aliphatic heterocycles. The van der Waals surface area contributed by atoms with Crippen molar-refractivity contribution in [3.05, 3.63) is 101 Å². The maximum Gasteiger partial charge on any atom is 0.405 e. The van der Waals surface area contributed by atoms with Gasteiger partial charge in [0.25, 0.3) is 5.91 Å². The highest BCUT2D eigenvalue weighted by Gasteiger charge is 2.52. The van der Waals surface area contributed by atoms with Gasteiger partial charge in [0, 0.05) is 5.02 Å². The molecule has 3 N–H and O–H groups in total. The van der Waals surface area contributed by atoms with Gasteiger partial charge < -0.3 is 20.7 Å². The first-order chi connectivity index (χ1) is 21.6. The fraction of sp³-hybridized carbons (Fsp3) is 0.312. The van der Waals surface area contributed by atoms with Crippen molar-refractivity contribution in [3.63, 3.8) is 0 Å². The first-order valence-corrected chi connectivity index (χ1v) is 14.3. The van der Waals surface area contributed by atoms with E-state index >= 15 is 0 Å².